The number of piperidine rings is 1. The Balaban J connectivity index is 1.99. The molecule has 1 atom stereocenters. The molecule has 2 rings (SSSR count). The molecule has 1 saturated heterocycles. The first kappa shape index (κ1) is 15.5. The lowest BCUT2D eigenvalue weighted by atomic mass is 9.98. The summed E-state index contributed by atoms with van der Waals surface area (Å²) < 4.78 is 33.5. The van der Waals surface area contributed by atoms with Gasteiger partial charge in [-0.15, -0.1) is 0 Å². The zero-order valence-corrected chi connectivity index (χ0v) is 11.8. The quantitative estimate of drug-likeness (QED) is 0.782. The van der Waals surface area contributed by atoms with Crippen LogP contribution in [0.3, 0.4) is 0 Å². The third-order valence-electron chi connectivity index (χ3n) is 3.31. The summed E-state index contributed by atoms with van der Waals surface area (Å²) in [5, 5.41) is 0. The molecule has 1 fully saturated rings. The highest BCUT2D eigenvalue weighted by Gasteiger charge is 2.27. The predicted octanol–water partition coefficient (Wildman–Crippen LogP) is 2.46. The molecule has 116 valence electrons. The maximum atomic E-state index is 12.1. The highest BCUT2D eigenvalue weighted by atomic mass is 19.3. The summed E-state index contributed by atoms with van der Waals surface area (Å²) in [6, 6.07) is 3.06. The van der Waals surface area contributed by atoms with Crippen LogP contribution in [-0.2, 0) is 9.53 Å². The van der Waals surface area contributed by atoms with Crippen molar-refractivity contribution < 1.29 is 23.0 Å². The van der Waals surface area contributed by atoms with E-state index in [-0.39, 0.29) is 17.6 Å². The van der Waals surface area contributed by atoms with E-state index in [9.17, 15) is 13.6 Å². The van der Waals surface area contributed by atoms with E-state index >= 15 is 0 Å². The highest BCUT2D eigenvalue weighted by Crippen LogP contribution is 2.24. The number of esters is 1. The van der Waals surface area contributed by atoms with Crippen molar-refractivity contribution in [2.75, 3.05) is 24.6 Å². The first-order valence-electron chi connectivity index (χ1n) is 6.92. The monoisotopic (exact) mass is 300 g/mol. The standard InChI is InChI=1S/C14H18F2N2O3/c1-2-20-13(19)10-4-3-7-18(9-10)12-6-5-11(8-17-12)21-14(15)16/h5-6,8,10,14H,2-4,7,9H2,1H3/t10-/m1/s1. The Morgan fingerprint density at radius 3 is 2.95 bits per heavy atom. The number of carbonyl (C=O) groups excluding carboxylic acids is 1. The molecule has 0 radical (unpaired) electrons. The predicted molar refractivity (Wildman–Crippen MR) is 72.4 cm³/mol. The molecule has 5 nitrogen and oxygen atoms in total. The van der Waals surface area contributed by atoms with Gasteiger partial charge in [0.2, 0.25) is 0 Å². The summed E-state index contributed by atoms with van der Waals surface area (Å²) in [5.74, 6) is 0.302. The second kappa shape index (κ2) is 7.19. The molecule has 0 bridgehead atoms. The number of rotatable bonds is 5. The summed E-state index contributed by atoms with van der Waals surface area (Å²) in [4.78, 5) is 17.8. The van der Waals surface area contributed by atoms with Crippen molar-refractivity contribution in [1.29, 1.82) is 0 Å². The number of halogens is 2. The Bertz CT molecular complexity index is 468. The topological polar surface area (TPSA) is 51.7 Å². The molecule has 0 aromatic carbocycles. The second-order valence-corrected chi connectivity index (χ2v) is 4.77. The summed E-state index contributed by atoms with van der Waals surface area (Å²) in [5.41, 5.74) is 0. The van der Waals surface area contributed by atoms with Gasteiger partial charge in [0.25, 0.3) is 0 Å². The van der Waals surface area contributed by atoms with E-state index in [1.165, 1.54) is 12.3 Å². The van der Waals surface area contributed by atoms with Crippen LogP contribution in [0.4, 0.5) is 14.6 Å². The molecule has 1 aromatic rings. The summed E-state index contributed by atoms with van der Waals surface area (Å²) in [6.45, 7) is 0.592. The van der Waals surface area contributed by atoms with Crippen LogP contribution in [0.15, 0.2) is 18.3 Å². The summed E-state index contributed by atoms with van der Waals surface area (Å²) in [7, 11) is 0. The molecule has 0 aliphatic carbocycles. The van der Waals surface area contributed by atoms with E-state index in [1.807, 2.05) is 4.90 Å². The third-order valence-corrected chi connectivity index (χ3v) is 3.31. The molecule has 2 heterocycles. The molecule has 1 aromatic heterocycles. The van der Waals surface area contributed by atoms with Crippen molar-refractivity contribution in [2.24, 2.45) is 5.92 Å². The number of ether oxygens (including phenoxy) is 2. The zero-order chi connectivity index (χ0) is 15.2. The molecule has 1 aliphatic heterocycles. The van der Waals surface area contributed by atoms with E-state index < -0.39 is 6.61 Å². The Kier molecular flexibility index (Phi) is 5.30. The highest BCUT2D eigenvalue weighted by molar-refractivity contribution is 5.73. The van der Waals surface area contributed by atoms with Crippen LogP contribution in [0.25, 0.3) is 0 Å². The minimum absolute atomic E-state index is 0.0210. The van der Waals surface area contributed by atoms with Gasteiger partial charge in [0.15, 0.2) is 0 Å². The number of hydrogen-bond acceptors (Lipinski definition) is 5. The molecule has 0 spiro atoms. The van der Waals surface area contributed by atoms with Crippen LogP contribution < -0.4 is 9.64 Å². The first-order valence-corrected chi connectivity index (χ1v) is 6.92. The normalized spacial score (nSPS) is 18.7. The number of aromatic nitrogens is 1. The number of pyridine rings is 1. The molecule has 0 N–H and O–H groups in total. The van der Waals surface area contributed by atoms with Gasteiger partial charge in [0, 0.05) is 13.1 Å². The Labute approximate surface area is 121 Å². The van der Waals surface area contributed by atoms with Crippen molar-refractivity contribution in [3.8, 4) is 5.75 Å². The van der Waals surface area contributed by atoms with Crippen LogP contribution in [0.5, 0.6) is 5.75 Å². The number of anilines is 1. The van der Waals surface area contributed by atoms with Gasteiger partial charge in [-0.2, -0.15) is 8.78 Å². The van der Waals surface area contributed by atoms with E-state index in [1.54, 1.807) is 13.0 Å². The SMILES string of the molecule is CCOC(=O)[C@@H]1CCCN(c2ccc(OC(F)F)cn2)C1. The van der Waals surface area contributed by atoms with Crippen molar-refractivity contribution >= 4 is 11.8 Å². The fourth-order valence-corrected chi connectivity index (χ4v) is 2.37. The molecule has 0 saturated carbocycles. The smallest absolute Gasteiger partial charge is 0.387 e. The van der Waals surface area contributed by atoms with Gasteiger partial charge in [-0.3, -0.25) is 4.79 Å². The van der Waals surface area contributed by atoms with Crippen molar-refractivity contribution in [2.45, 2.75) is 26.4 Å². The fourth-order valence-electron chi connectivity index (χ4n) is 2.37. The van der Waals surface area contributed by atoms with E-state index in [4.69, 9.17) is 4.74 Å². The average molecular weight is 300 g/mol. The second-order valence-electron chi connectivity index (χ2n) is 4.77. The zero-order valence-electron chi connectivity index (χ0n) is 11.8. The number of alkyl halides is 2. The van der Waals surface area contributed by atoms with Gasteiger partial charge >= 0.3 is 12.6 Å². The van der Waals surface area contributed by atoms with Gasteiger partial charge in [-0.1, -0.05) is 0 Å². The molecule has 0 unspecified atom stereocenters. The molecule has 1 aliphatic rings. The average Bonchev–Trinajstić information content (AvgIpc) is 2.48. The van der Waals surface area contributed by atoms with Crippen LogP contribution >= 0.6 is 0 Å². The van der Waals surface area contributed by atoms with E-state index in [2.05, 4.69) is 9.72 Å². The van der Waals surface area contributed by atoms with E-state index in [0.717, 1.165) is 19.4 Å². The third kappa shape index (κ3) is 4.27. The van der Waals surface area contributed by atoms with Crippen LogP contribution in [0, 0.1) is 5.92 Å². The first-order chi connectivity index (χ1) is 10.1. The maximum absolute atomic E-state index is 12.1. The number of hydrogen-bond donors (Lipinski definition) is 0. The Morgan fingerprint density at radius 2 is 2.33 bits per heavy atom. The maximum Gasteiger partial charge on any atom is 0.387 e. The largest absolute Gasteiger partial charge is 0.466 e. The minimum Gasteiger partial charge on any atom is -0.466 e. The van der Waals surface area contributed by atoms with Gasteiger partial charge in [-0.05, 0) is 31.9 Å². The molecule has 21 heavy (non-hydrogen) atoms. The van der Waals surface area contributed by atoms with Crippen molar-refractivity contribution in [3.63, 3.8) is 0 Å². The fraction of sp³-hybridized carbons (Fsp3) is 0.571. The summed E-state index contributed by atoms with van der Waals surface area (Å²) in [6.07, 6.45) is 2.91. The Hall–Kier alpha value is -1.92. The molecule has 7 heteroatoms. The lowest BCUT2D eigenvalue weighted by Crippen LogP contribution is -2.39. The van der Waals surface area contributed by atoms with Crippen LogP contribution in [0.2, 0.25) is 0 Å². The van der Waals surface area contributed by atoms with Crippen LogP contribution in [-0.4, -0.2) is 37.3 Å². The van der Waals surface area contributed by atoms with Crippen molar-refractivity contribution in [3.05, 3.63) is 18.3 Å². The van der Waals surface area contributed by atoms with E-state index in [0.29, 0.717) is 19.0 Å². The van der Waals surface area contributed by atoms with Gasteiger partial charge in [0.1, 0.15) is 11.6 Å². The summed E-state index contributed by atoms with van der Waals surface area (Å²) >= 11 is 0. The minimum atomic E-state index is -2.86. The lowest BCUT2D eigenvalue weighted by Gasteiger charge is -2.32. The van der Waals surface area contributed by atoms with Crippen molar-refractivity contribution in [1.82, 2.24) is 4.98 Å². The molecular formula is C14H18F2N2O3. The Morgan fingerprint density at radius 1 is 1.52 bits per heavy atom. The molecule has 0 amide bonds. The van der Waals surface area contributed by atoms with Crippen LogP contribution in [0.1, 0.15) is 19.8 Å². The van der Waals surface area contributed by atoms with Gasteiger partial charge in [0.05, 0.1) is 18.7 Å². The number of carbonyl (C=O) groups is 1. The van der Waals surface area contributed by atoms with Gasteiger partial charge < -0.3 is 14.4 Å². The van der Waals surface area contributed by atoms with Gasteiger partial charge in [-0.25, -0.2) is 4.98 Å². The lowest BCUT2D eigenvalue weighted by molar-refractivity contribution is -0.148. The molecular weight excluding hydrogens is 282 g/mol. The number of nitrogens with zero attached hydrogens (tertiary/aromatic N) is 2.